The van der Waals surface area contributed by atoms with Gasteiger partial charge in [-0.3, -0.25) is 0 Å². The molecule has 42 valence electrons. The van der Waals surface area contributed by atoms with Gasteiger partial charge >= 0.3 is 0 Å². The number of nitrogens with two attached hydrogens (primary N) is 1. The maximum absolute atomic E-state index is 9.72. The number of carbonyl (C=O) groups is 1. The van der Waals surface area contributed by atoms with Crippen molar-refractivity contribution in [1.29, 1.82) is 0 Å². The smallest absolute Gasteiger partial charge is 0.137 e. The summed E-state index contributed by atoms with van der Waals surface area (Å²) in [6.45, 7) is 0. The highest BCUT2D eigenvalue weighted by Crippen LogP contribution is 2.03. The van der Waals surface area contributed by atoms with Crippen LogP contribution in [0.3, 0.4) is 0 Å². The summed E-state index contributed by atoms with van der Waals surface area (Å²) in [6.07, 6.45) is 0.712. The van der Waals surface area contributed by atoms with Crippen LogP contribution in [0.1, 0.15) is 0 Å². The molecule has 0 aliphatic heterocycles. The zero-order valence-corrected chi connectivity index (χ0v) is 5.41. The molecule has 0 amide bonds. The van der Waals surface area contributed by atoms with E-state index >= 15 is 0 Å². The van der Waals surface area contributed by atoms with E-state index in [2.05, 4.69) is 11.7 Å². The fraction of sp³-hybridized carbons (Fsp3) is 0.667. The van der Waals surface area contributed by atoms with E-state index in [9.17, 15) is 4.79 Å². The number of carbonyl (C=O) groups excluding carboxylic acids is 1. The van der Waals surface area contributed by atoms with Crippen LogP contribution in [0.2, 0.25) is 0 Å². The SMILES string of the molecule is NC(C=O)CSS. The molecule has 0 bridgehead atoms. The monoisotopic (exact) mass is 137 g/mol. The molecule has 0 spiro atoms. The maximum atomic E-state index is 9.72. The van der Waals surface area contributed by atoms with E-state index in [1.807, 2.05) is 0 Å². The molecule has 0 radical (unpaired) electrons. The number of rotatable bonds is 3. The van der Waals surface area contributed by atoms with Crippen molar-refractivity contribution in [3.63, 3.8) is 0 Å². The predicted molar refractivity (Wildman–Crippen MR) is 35.5 cm³/mol. The summed E-state index contributed by atoms with van der Waals surface area (Å²) in [5.41, 5.74) is 5.15. The van der Waals surface area contributed by atoms with Crippen LogP contribution in [-0.2, 0) is 4.79 Å². The van der Waals surface area contributed by atoms with Crippen molar-refractivity contribution >= 4 is 28.7 Å². The minimum absolute atomic E-state index is 0.345. The Morgan fingerprint density at radius 3 is 2.71 bits per heavy atom. The molecule has 2 nitrogen and oxygen atoms in total. The molecule has 0 heterocycles. The van der Waals surface area contributed by atoms with E-state index in [-0.39, 0.29) is 6.04 Å². The first kappa shape index (κ1) is 7.33. The molecule has 0 aliphatic rings. The van der Waals surface area contributed by atoms with Gasteiger partial charge in [0.2, 0.25) is 0 Å². The lowest BCUT2D eigenvalue weighted by molar-refractivity contribution is -0.108. The molecule has 0 fully saturated rings. The first-order valence-electron chi connectivity index (χ1n) is 1.78. The van der Waals surface area contributed by atoms with E-state index in [0.717, 1.165) is 0 Å². The molecule has 1 atom stereocenters. The van der Waals surface area contributed by atoms with Gasteiger partial charge in [-0.1, -0.05) is 10.8 Å². The van der Waals surface area contributed by atoms with Crippen LogP contribution in [0.25, 0.3) is 0 Å². The summed E-state index contributed by atoms with van der Waals surface area (Å²) in [5.74, 6) is 0.590. The van der Waals surface area contributed by atoms with Crippen LogP contribution in [0, 0.1) is 0 Å². The largest absolute Gasteiger partial charge is 0.321 e. The lowest BCUT2D eigenvalue weighted by Gasteiger charge is -1.94. The van der Waals surface area contributed by atoms with Crippen molar-refractivity contribution in [2.45, 2.75) is 6.04 Å². The third-order valence-electron chi connectivity index (χ3n) is 0.442. The zero-order valence-electron chi connectivity index (χ0n) is 3.70. The molecule has 0 aliphatic carbocycles. The normalized spacial score (nSPS) is 13.4. The Morgan fingerprint density at radius 1 is 2.00 bits per heavy atom. The van der Waals surface area contributed by atoms with Crippen LogP contribution in [0.15, 0.2) is 0 Å². The Balaban J connectivity index is 2.98. The van der Waals surface area contributed by atoms with E-state index in [1.165, 1.54) is 10.8 Å². The minimum Gasteiger partial charge on any atom is -0.321 e. The van der Waals surface area contributed by atoms with Crippen molar-refractivity contribution in [2.75, 3.05) is 5.75 Å². The van der Waals surface area contributed by atoms with Gasteiger partial charge in [0, 0.05) is 5.75 Å². The molecule has 7 heavy (non-hydrogen) atoms. The third kappa shape index (κ3) is 4.18. The highest BCUT2D eigenvalue weighted by Gasteiger charge is 1.94. The highest BCUT2D eigenvalue weighted by atomic mass is 33.1. The Hall–Kier alpha value is 0.330. The summed E-state index contributed by atoms with van der Waals surface area (Å²) in [5, 5.41) is 0. The summed E-state index contributed by atoms with van der Waals surface area (Å²) >= 11 is 3.79. The number of thiol groups is 1. The van der Waals surface area contributed by atoms with Gasteiger partial charge in [0.1, 0.15) is 6.29 Å². The lowest BCUT2D eigenvalue weighted by Crippen LogP contribution is -2.23. The van der Waals surface area contributed by atoms with Crippen molar-refractivity contribution in [2.24, 2.45) is 5.73 Å². The standard InChI is InChI=1S/C3H7NOS2/c4-3(1-5)2-7-6/h1,3,6H,2,4H2. The zero-order chi connectivity index (χ0) is 5.70. The topological polar surface area (TPSA) is 43.1 Å². The second-order valence-corrected chi connectivity index (χ2v) is 2.46. The summed E-state index contributed by atoms with van der Waals surface area (Å²) < 4.78 is 0. The van der Waals surface area contributed by atoms with E-state index in [1.54, 1.807) is 0 Å². The van der Waals surface area contributed by atoms with Gasteiger partial charge in [0.05, 0.1) is 6.04 Å². The Bertz CT molecular complexity index is 58.9. The summed E-state index contributed by atoms with van der Waals surface area (Å²) in [4.78, 5) is 9.72. The van der Waals surface area contributed by atoms with Gasteiger partial charge in [-0.25, -0.2) is 0 Å². The van der Waals surface area contributed by atoms with Gasteiger partial charge in [0.25, 0.3) is 0 Å². The van der Waals surface area contributed by atoms with Crippen molar-refractivity contribution in [3.8, 4) is 0 Å². The second kappa shape index (κ2) is 4.49. The summed E-state index contributed by atoms with van der Waals surface area (Å²) in [6, 6.07) is -0.345. The van der Waals surface area contributed by atoms with Gasteiger partial charge in [-0.15, -0.1) is 11.7 Å². The fourth-order valence-electron chi connectivity index (χ4n) is 0.125. The average Bonchev–Trinajstić information content (AvgIpc) is 1.68. The third-order valence-corrected chi connectivity index (χ3v) is 1.42. The fourth-order valence-corrected chi connectivity index (χ4v) is 0.892. The van der Waals surface area contributed by atoms with Crippen LogP contribution in [0.5, 0.6) is 0 Å². The molecule has 0 saturated heterocycles. The molecule has 0 aromatic rings. The Labute approximate surface area is 51.6 Å². The lowest BCUT2D eigenvalue weighted by atomic mass is 10.4. The summed E-state index contributed by atoms with van der Waals surface area (Å²) in [7, 11) is 1.27. The molecule has 1 unspecified atom stereocenters. The molecular weight excluding hydrogens is 130 g/mol. The number of hydrogen-bond donors (Lipinski definition) is 2. The van der Waals surface area contributed by atoms with Gasteiger partial charge in [0.15, 0.2) is 0 Å². The first-order valence-corrected chi connectivity index (χ1v) is 3.82. The van der Waals surface area contributed by atoms with E-state index < -0.39 is 0 Å². The molecule has 4 heteroatoms. The van der Waals surface area contributed by atoms with Crippen LogP contribution < -0.4 is 5.73 Å². The maximum Gasteiger partial charge on any atom is 0.137 e. The predicted octanol–water partition coefficient (Wildman–Crippen LogP) is 0.0906. The van der Waals surface area contributed by atoms with Crippen molar-refractivity contribution in [1.82, 2.24) is 0 Å². The molecular formula is C3H7NOS2. The van der Waals surface area contributed by atoms with E-state index in [4.69, 9.17) is 5.73 Å². The minimum atomic E-state index is -0.345. The molecule has 0 aromatic carbocycles. The van der Waals surface area contributed by atoms with Gasteiger partial charge < -0.3 is 10.5 Å². The number of aldehydes is 1. The quantitative estimate of drug-likeness (QED) is 0.329. The highest BCUT2D eigenvalue weighted by molar-refractivity contribution is 8.68. The van der Waals surface area contributed by atoms with E-state index in [0.29, 0.717) is 12.0 Å². The van der Waals surface area contributed by atoms with Gasteiger partial charge in [-0.05, 0) is 0 Å². The molecule has 2 N–H and O–H groups in total. The van der Waals surface area contributed by atoms with Crippen LogP contribution in [0.4, 0.5) is 0 Å². The van der Waals surface area contributed by atoms with Crippen LogP contribution >= 0.6 is 22.5 Å². The molecule has 0 aromatic heterocycles. The average molecular weight is 137 g/mol. The van der Waals surface area contributed by atoms with Crippen LogP contribution in [-0.4, -0.2) is 18.1 Å². The van der Waals surface area contributed by atoms with Crippen molar-refractivity contribution in [3.05, 3.63) is 0 Å². The Kier molecular flexibility index (Phi) is 4.70. The van der Waals surface area contributed by atoms with Gasteiger partial charge in [-0.2, -0.15) is 0 Å². The molecule has 0 rings (SSSR count). The first-order chi connectivity index (χ1) is 3.31. The molecule has 0 saturated carbocycles. The second-order valence-electron chi connectivity index (χ2n) is 1.10. The number of hydrogen-bond acceptors (Lipinski definition) is 4. The Morgan fingerprint density at radius 2 is 2.57 bits per heavy atom. The van der Waals surface area contributed by atoms with Crippen molar-refractivity contribution < 1.29 is 4.79 Å².